The van der Waals surface area contributed by atoms with E-state index in [4.69, 9.17) is 5.73 Å². The van der Waals surface area contributed by atoms with Crippen LogP contribution in [0.4, 0.5) is 0 Å². The van der Waals surface area contributed by atoms with Crippen LogP contribution in [0.15, 0.2) is 12.1 Å². The molecule has 0 amide bonds. The number of rotatable bonds is 3. The summed E-state index contributed by atoms with van der Waals surface area (Å²) in [6.07, 6.45) is 2.07. The Morgan fingerprint density at radius 2 is 1.79 bits per heavy atom. The fourth-order valence-corrected chi connectivity index (χ4v) is 1.68. The Bertz CT molecular complexity index is 297. The molecule has 1 rings (SSSR count). The number of phenolic OH excluding ortho intramolecular Hbond substituents is 1. The van der Waals surface area contributed by atoms with E-state index in [1.54, 1.807) is 0 Å². The number of phenols is 1. The van der Waals surface area contributed by atoms with Gasteiger partial charge in [0.15, 0.2) is 0 Å². The van der Waals surface area contributed by atoms with Gasteiger partial charge in [-0.1, -0.05) is 25.5 Å². The molecule has 0 spiro atoms. The molecule has 2 nitrogen and oxygen atoms in total. The van der Waals surface area contributed by atoms with Gasteiger partial charge in [0.2, 0.25) is 0 Å². The van der Waals surface area contributed by atoms with E-state index in [9.17, 15) is 5.11 Å². The van der Waals surface area contributed by atoms with Crippen LogP contribution in [0.3, 0.4) is 0 Å². The second-order valence-electron chi connectivity index (χ2n) is 3.90. The van der Waals surface area contributed by atoms with Crippen molar-refractivity contribution in [2.24, 2.45) is 5.73 Å². The van der Waals surface area contributed by atoms with Crippen LogP contribution in [0, 0.1) is 13.8 Å². The third-order valence-electron chi connectivity index (χ3n) is 2.54. The Morgan fingerprint density at radius 1 is 1.29 bits per heavy atom. The molecule has 0 saturated heterocycles. The van der Waals surface area contributed by atoms with Gasteiger partial charge in [0.25, 0.3) is 0 Å². The Balaban J connectivity index is 3.00. The van der Waals surface area contributed by atoms with E-state index in [2.05, 4.69) is 6.92 Å². The molecule has 0 unspecified atom stereocenters. The second kappa shape index (κ2) is 4.47. The van der Waals surface area contributed by atoms with E-state index in [1.807, 2.05) is 26.0 Å². The molecule has 0 radical (unpaired) electrons. The summed E-state index contributed by atoms with van der Waals surface area (Å²) >= 11 is 0. The molecule has 78 valence electrons. The molecule has 1 aromatic carbocycles. The molecule has 0 saturated carbocycles. The normalized spacial score (nSPS) is 12.9. The van der Waals surface area contributed by atoms with Gasteiger partial charge in [-0.05, 0) is 37.0 Å². The Morgan fingerprint density at radius 3 is 2.21 bits per heavy atom. The maximum atomic E-state index is 9.60. The van der Waals surface area contributed by atoms with Gasteiger partial charge in [0, 0.05) is 6.04 Å². The molecule has 2 heteroatoms. The smallest absolute Gasteiger partial charge is 0.121 e. The van der Waals surface area contributed by atoms with Crippen molar-refractivity contribution in [1.82, 2.24) is 0 Å². The molecular weight excluding hydrogens is 174 g/mol. The van der Waals surface area contributed by atoms with Gasteiger partial charge >= 0.3 is 0 Å². The van der Waals surface area contributed by atoms with E-state index in [-0.39, 0.29) is 6.04 Å². The molecule has 0 heterocycles. The number of hydrogen-bond donors (Lipinski definition) is 2. The zero-order valence-electron chi connectivity index (χ0n) is 9.17. The quantitative estimate of drug-likeness (QED) is 0.775. The Kier molecular flexibility index (Phi) is 3.53. The van der Waals surface area contributed by atoms with Crippen LogP contribution >= 0.6 is 0 Å². The molecule has 1 atom stereocenters. The third kappa shape index (κ3) is 2.26. The van der Waals surface area contributed by atoms with Gasteiger partial charge < -0.3 is 10.8 Å². The van der Waals surface area contributed by atoms with Gasteiger partial charge in [-0.2, -0.15) is 0 Å². The molecule has 0 fully saturated rings. The summed E-state index contributed by atoms with van der Waals surface area (Å²) < 4.78 is 0. The highest BCUT2D eigenvalue weighted by Crippen LogP contribution is 2.26. The van der Waals surface area contributed by atoms with Crippen molar-refractivity contribution in [3.63, 3.8) is 0 Å². The van der Waals surface area contributed by atoms with Crippen molar-refractivity contribution >= 4 is 0 Å². The second-order valence-corrected chi connectivity index (χ2v) is 3.90. The van der Waals surface area contributed by atoms with Crippen molar-refractivity contribution in [1.29, 1.82) is 0 Å². The first-order valence-corrected chi connectivity index (χ1v) is 5.12. The van der Waals surface area contributed by atoms with Crippen LogP contribution in [0.1, 0.15) is 42.5 Å². The molecule has 3 N–H and O–H groups in total. The van der Waals surface area contributed by atoms with Crippen molar-refractivity contribution < 1.29 is 5.11 Å². The monoisotopic (exact) mass is 193 g/mol. The minimum Gasteiger partial charge on any atom is -0.507 e. The van der Waals surface area contributed by atoms with E-state index in [0.29, 0.717) is 5.75 Å². The summed E-state index contributed by atoms with van der Waals surface area (Å²) in [6.45, 7) is 5.94. The maximum Gasteiger partial charge on any atom is 0.121 e. The number of nitrogens with two attached hydrogens (primary N) is 1. The van der Waals surface area contributed by atoms with Crippen LogP contribution in [-0.2, 0) is 0 Å². The van der Waals surface area contributed by atoms with E-state index in [1.165, 1.54) is 0 Å². The molecule has 0 bridgehead atoms. The largest absolute Gasteiger partial charge is 0.507 e. The highest BCUT2D eigenvalue weighted by Gasteiger charge is 2.08. The lowest BCUT2D eigenvalue weighted by atomic mass is 9.98. The van der Waals surface area contributed by atoms with Gasteiger partial charge in [-0.25, -0.2) is 0 Å². The summed E-state index contributed by atoms with van der Waals surface area (Å²) in [6, 6.07) is 4.05. The lowest BCUT2D eigenvalue weighted by Gasteiger charge is -2.13. The average Bonchev–Trinajstić information content (AvgIpc) is 2.13. The first kappa shape index (κ1) is 11.1. The topological polar surface area (TPSA) is 46.2 Å². The first-order chi connectivity index (χ1) is 6.56. The standard InChI is InChI=1S/C12H19NO/c1-4-5-11(13)10-6-8(2)12(14)9(3)7-10/h6-7,11,14H,4-5,13H2,1-3H3/t11-/m1/s1. The fourth-order valence-electron chi connectivity index (χ4n) is 1.68. The highest BCUT2D eigenvalue weighted by atomic mass is 16.3. The van der Waals surface area contributed by atoms with Gasteiger partial charge in [0.1, 0.15) is 5.75 Å². The SMILES string of the molecule is CCC[C@@H](N)c1cc(C)c(O)c(C)c1. The summed E-state index contributed by atoms with van der Waals surface area (Å²) in [7, 11) is 0. The highest BCUT2D eigenvalue weighted by molar-refractivity contribution is 5.43. The van der Waals surface area contributed by atoms with E-state index >= 15 is 0 Å². The zero-order chi connectivity index (χ0) is 10.7. The number of aryl methyl sites for hydroxylation is 2. The summed E-state index contributed by atoms with van der Waals surface area (Å²) in [5, 5.41) is 9.60. The Hall–Kier alpha value is -1.02. The van der Waals surface area contributed by atoms with Crippen molar-refractivity contribution in [3.05, 3.63) is 28.8 Å². The van der Waals surface area contributed by atoms with Crippen LogP contribution in [0.2, 0.25) is 0 Å². The minimum atomic E-state index is 0.0954. The van der Waals surface area contributed by atoms with E-state index < -0.39 is 0 Å². The fraction of sp³-hybridized carbons (Fsp3) is 0.500. The zero-order valence-corrected chi connectivity index (χ0v) is 9.17. The molecule has 0 aliphatic rings. The molecule has 14 heavy (non-hydrogen) atoms. The molecule has 0 aliphatic heterocycles. The van der Waals surface area contributed by atoms with Crippen molar-refractivity contribution in [3.8, 4) is 5.75 Å². The van der Waals surface area contributed by atoms with Crippen molar-refractivity contribution in [2.45, 2.75) is 39.7 Å². The molecular formula is C12H19NO. The average molecular weight is 193 g/mol. The summed E-state index contributed by atoms with van der Waals surface area (Å²) in [4.78, 5) is 0. The van der Waals surface area contributed by atoms with Gasteiger partial charge in [-0.15, -0.1) is 0 Å². The van der Waals surface area contributed by atoms with Crippen LogP contribution < -0.4 is 5.73 Å². The predicted molar refractivity (Wildman–Crippen MR) is 59.4 cm³/mol. The number of aromatic hydroxyl groups is 1. The lowest BCUT2D eigenvalue weighted by Crippen LogP contribution is -2.10. The summed E-state index contributed by atoms with van der Waals surface area (Å²) in [5.41, 5.74) is 8.95. The molecule has 1 aromatic rings. The lowest BCUT2D eigenvalue weighted by molar-refractivity contribution is 0.466. The third-order valence-corrected chi connectivity index (χ3v) is 2.54. The maximum absolute atomic E-state index is 9.60. The minimum absolute atomic E-state index is 0.0954. The van der Waals surface area contributed by atoms with Gasteiger partial charge in [0.05, 0.1) is 0 Å². The summed E-state index contributed by atoms with van der Waals surface area (Å²) in [5.74, 6) is 0.387. The molecule has 0 aromatic heterocycles. The van der Waals surface area contributed by atoms with Crippen LogP contribution in [0.25, 0.3) is 0 Å². The van der Waals surface area contributed by atoms with Crippen molar-refractivity contribution in [2.75, 3.05) is 0 Å². The number of hydrogen-bond acceptors (Lipinski definition) is 2. The Labute approximate surface area is 85.8 Å². The van der Waals surface area contributed by atoms with E-state index in [0.717, 1.165) is 29.5 Å². The van der Waals surface area contributed by atoms with Crippen LogP contribution in [-0.4, -0.2) is 5.11 Å². The van der Waals surface area contributed by atoms with Crippen LogP contribution in [0.5, 0.6) is 5.75 Å². The first-order valence-electron chi connectivity index (χ1n) is 5.12. The van der Waals surface area contributed by atoms with Gasteiger partial charge in [-0.3, -0.25) is 0 Å². The molecule has 0 aliphatic carbocycles. The number of benzene rings is 1. The predicted octanol–water partition coefficient (Wildman–Crippen LogP) is 2.81.